The molecule has 0 bridgehead atoms. The van der Waals surface area contributed by atoms with Crippen LogP contribution >= 0.6 is 0 Å². The fraction of sp³-hybridized carbons (Fsp3) is 0.500. The van der Waals surface area contributed by atoms with E-state index in [0.29, 0.717) is 0 Å². The average molecular weight is 644 g/mol. The summed E-state index contributed by atoms with van der Waals surface area (Å²) in [5.74, 6) is -2.04. The zero-order valence-electron chi connectivity index (χ0n) is 23.6. The van der Waals surface area contributed by atoms with Crippen molar-refractivity contribution in [2.75, 3.05) is 20.3 Å². The molecule has 11 unspecified atom stereocenters. The second-order valence-electron chi connectivity index (χ2n) is 10.7. The van der Waals surface area contributed by atoms with Gasteiger partial charge in [-0.2, -0.15) is 0 Å². The molecule has 0 aliphatic carbocycles. The van der Waals surface area contributed by atoms with Crippen LogP contribution in [0.3, 0.4) is 0 Å². The van der Waals surface area contributed by atoms with Gasteiger partial charge in [0.25, 0.3) is 11.9 Å². The Morgan fingerprint density at radius 3 is 2.04 bits per heavy atom. The van der Waals surface area contributed by atoms with Crippen LogP contribution < -0.4 is 4.74 Å². The number of aromatic hydroxyl groups is 5. The van der Waals surface area contributed by atoms with Crippen molar-refractivity contribution < 1.29 is 84.6 Å². The highest BCUT2D eigenvalue weighted by Gasteiger charge is 2.52. The number of aliphatic hydroxyl groups is 8. The molecule has 2 fully saturated rings. The maximum absolute atomic E-state index is 11.0. The van der Waals surface area contributed by atoms with E-state index < -0.39 is 98.0 Å². The predicted octanol–water partition coefficient (Wildman–Crippen LogP) is -2.50. The van der Waals surface area contributed by atoms with Crippen molar-refractivity contribution in [2.24, 2.45) is 0 Å². The number of aliphatic hydroxyl groups excluding tert-OH is 7. The topological polar surface area (TPSA) is 281 Å². The van der Waals surface area contributed by atoms with Crippen molar-refractivity contribution in [3.8, 4) is 34.5 Å². The minimum atomic E-state index is -1.90. The van der Waals surface area contributed by atoms with Crippen LogP contribution in [-0.2, 0) is 18.9 Å². The van der Waals surface area contributed by atoms with Crippen LogP contribution in [0.4, 0.5) is 0 Å². The SMILES string of the molecule is COc1cc(C2[OH+]c3cc(O)cc(O)c3C=C2OC2OC(CO)C(O)C(O)C2OC2OC(CO)C(O)C(O)C2O)cc(O)c1O. The molecule has 3 aliphatic rings. The number of hydrogen-bond acceptors (Lipinski definition) is 16. The molecule has 5 rings (SSSR count). The molecular formula is C28H35O17+. The first kappa shape index (κ1) is 32.8. The first-order chi connectivity index (χ1) is 21.4. The summed E-state index contributed by atoms with van der Waals surface area (Å²) in [6, 6.07) is 4.77. The van der Waals surface area contributed by atoms with Gasteiger partial charge in [-0.05, 0) is 12.1 Å². The monoisotopic (exact) mass is 643 g/mol. The Bertz CT molecular complexity index is 1400. The third-order valence-electron chi connectivity index (χ3n) is 7.77. The van der Waals surface area contributed by atoms with Crippen LogP contribution in [-0.4, -0.2) is 143 Å². The quantitative estimate of drug-likeness (QED) is 0.105. The number of hydrogen-bond donors (Lipinski definition) is 11. The van der Waals surface area contributed by atoms with Gasteiger partial charge in [-0.3, -0.25) is 0 Å². The lowest BCUT2D eigenvalue weighted by Gasteiger charge is -2.46. The van der Waals surface area contributed by atoms with Gasteiger partial charge < -0.3 is 84.6 Å². The van der Waals surface area contributed by atoms with Crippen LogP contribution in [0, 0.1) is 0 Å². The summed E-state index contributed by atoms with van der Waals surface area (Å²) in [4.78, 5) is 0. The van der Waals surface area contributed by atoms with E-state index in [1.165, 1.54) is 25.3 Å². The molecule has 17 heteroatoms. The highest BCUT2D eigenvalue weighted by atomic mass is 16.8. The highest BCUT2D eigenvalue weighted by molar-refractivity contribution is 5.69. The summed E-state index contributed by atoms with van der Waals surface area (Å²) in [5.41, 5.74) is 0.249. The summed E-state index contributed by atoms with van der Waals surface area (Å²) in [6.45, 7) is -1.56. The molecule has 3 heterocycles. The maximum Gasteiger partial charge on any atom is 0.270 e. The van der Waals surface area contributed by atoms with Gasteiger partial charge in [0.05, 0.1) is 32.0 Å². The summed E-state index contributed by atoms with van der Waals surface area (Å²) < 4.78 is 32.6. The molecular weight excluding hydrogens is 608 g/mol. The van der Waals surface area contributed by atoms with Gasteiger partial charge in [-0.25, -0.2) is 0 Å². The Morgan fingerprint density at radius 1 is 0.756 bits per heavy atom. The fourth-order valence-corrected chi connectivity index (χ4v) is 5.32. The van der Waals surface area contributed by atoms with E-state index in [0.717, 1.165) is 12.1 Å². The minimum Gasteiger partial charge on any atom is -0.571 e. The van der Waals surface area contributed by atoms with Crippen LogP contribution in [0.1, 0.15) is 17.2 Å². The second kappa shape index (κ2) is 13.0. The maximum atomic E-state index is 11.0. The normalized spacial score (nSPS) is 34.8. The van der Waals surface area contributed by atoms with Gasteiger partial charge in [0.15, 0.2) is 29.7 Å². The molecule has 0 amide bonds. The number of benzene rings is 2. The summed E-state index contributed by atoms with van der Waals surface area (Å²) in [6.07, 6.45) is -17.0. The van der Waals surface area contributed by atoms with Gasteiger partial charge in [-0.15, -0.1) is 0 Å². The molecule has 0 radical (unpaired) electrons. The molecule has 0 saturated carbocycles. The molecule has 45 heavy (non-hydrogen) atoms. The zero-order chi connectivity index (χ0) is 32.7. The third-order valence-corrected chi connectivity index (χ3v) is 7.77. The molecule has 3 aliphatic heterocycles. The number of ether oxygens (including phenoxy) is 6. The van der Waals surface area contributed by atoms with E-state index in [2.05, 4.69) is 4.74 Å². The van der Waals surface area contributed by atoms with Gasteiger partial charge in [0.1, 0.15) is 59.8 Å². The molecule has 248 valence electrons. The van der Waals surface area contributed by atoms with Crippen LogP contribution in [0.5, 0.6) is 34.5 Å². The lowest BCUT2D eigenvalue weighted by molar-refractivity contribution is -0.364. The summed E-state index contributed by atoms with van der Waals surface area (Å²) in [5, 5.41) is 113. The van der Waals surface area contributed by atoms with Crippen molar-refractivity contribution in [3.05, 3.63) is 41.2 Å². The third kappa shape index (κ3) is 6.15. The lowest BCUT2D eigenvalue weighted by atomic mass is 9.97. The Labute approximate surface area is 254 Å². The predicted molar refractivity (Wildman–Crippen MR) is 146 cm³/mol. The lowest BCUT2D eigenvalue weighted by Crippen LogP contribution is -2.64. The highest BCUT2D eigenvalue weighted by Crippen LogP contribution is 2.48. The number of phenols is 4. The Hall–Kier alpha value is -3.62. The molecule has 2 aromatic carbocycles. The number of methoxy groups -OCH3 is 1. The van der Waals surface area contributed by atoms with E-state index >= 15 is 0 Å². The van der Waals surface area contributed by atoms with Crippen molar-refractivity contribution >= 4 is 6.08 Å². The Morgan fingerprint density at radius 2 is 1.40 bits per heavy atom. The number of rotatable bonds is 8. The largest absolute Gasteiger partial charge is 0.571 e. The summed E-state index contributed by atoms with van der Waals surface area (Å²) >= 11 is 0. The fourth-order valence-electron chi connectivity index (χ4n) is 5.32. The zero-order valence-corrected chi connectivity index (χ0v) is 23.6. The average Bonchev–Trinajstić information content (AvgIpc) is 3.01. The smallest absolute Gasteiger partial charge is 0.270 e. The van der Waals surface area contributed by atoms with Crippen molar-refractivity contribution in [1.29, 1.82) is 0 Å². The molecule has 17 nitrogen and oxygen atoms in total. The Kier molecular flexibility index (Phi) is 9.47. The first-order valence-corrected chi connectivity index (χ1v) is 13.7. The van der Waals surface area contributed by atoms with Crippen molar-refractivity contribution in [1.82, 2.24) is 0 Å². The summed E-state index contributed by atoms with van der Waals surface area (Å²) in [7, 11) is 1.24. The second-order valence-corrected chi connectivity index (χ2v) is 10.7. The first-order valence-electron chi connectivity index (χ1n) is 13.7. The van der Waals surface area contributed by atoms with E-state index in [-0.39, 0.29) is 34.1 Å². The molecule has 2 aromatic rings. The molecule has 12 N–H and O–H groups in total. The van der Waals surface area contributed by atoms with E-state index in [1.807, 2.05) is 0 Å². The number of phenolic OH excluding ortho intramolecular Hbond substituents is 4. The van der Waals surface area contributed by atoms with E-state index in [4.69, 9.17) is 23.7 Å². The van der Waals surface area contributed by atoms with Crippen LogP contribution in [0.2, 0.25) is 0 Å². The standard InChI is InChI=1S/C28H34O17/c1-40-15-3-9(2-13(33)19(15)34)25-16(6-11-12(32)4-10(31)5-14(11)41-25)42-28-26(23(38)21(36)18(8-30)44-28)45-27-24(39)22(37)20(35)17(7-29)43-27/h2-6,17-18,20-39H,7-8H2,1H3/p+1. The molecule has 0 aromatic heterocycles. The van der Waals surface area contributed by atoms with Crippen LogP contribution in [0.15, 0.2) is 30.0 Å². The molecule has 11 atom stereocenters. The minimum absolute atomic E-state index is 0.0792. The van der Waals surface area contributed by atoms with Crippen molar-refractivity contribution in [3.63, 3.8) is 0 Å². The van der Waals surface area contributed by atoms with E-state index in [1.54, 1.807) is 0 Å². The van der Waals surface area contributed by atoms with Gasteiger partial charge in [0.2, 0.25) is 12.0 Å². The Balaban J connectivity index is 1.54. The number of fused-ring (bicyclic) bond motifs is 1. The van der Waals surface area contributed by atoms with Crippen LogP contribution in [0.25, 0.3) is 6.08 Å². The van der Waals surface area contributed by atoms with Gasteiger partial charge >= 0.3 is 0 Å². The molecule has 0 spiro atoms. The molecule has 2 saturated heterocycles. The van der Waals surface area contributed by atoms with Crippen molar-refractivity contribution in [2.45, 2.75) is 67.5 Å². The van der Waals surface area contributed by atoms with Gasteiger partial charge in [-0.1, -0.05) is 0 Å². The van der Waals surface area contributed by atoms with E-state index in [9.17, 15) is 56.2 Å². The van der Waals surface area contributed by atoms with Gasteiger partial charge in [0, 0.05) is 12.1 Å².